The lowest BCUT2D eigenvalue weighted by molar-refractivity contribution is -0.120. The van der Waals surface area contributed by atoms with Gasteiger partial charge in [-0.05, 0) is 23.8 Å². The van der Waals surface area contributed by atoms with Gasteiger partial charge in [-0.2, -0.15) is 0 Å². The van der Waals surface area contributed by atoms with Crippen molar-refractivity contribution in [2.24, 2.45) is 0 Å². The maximum atomic E-state index is 13.4. The van der Waals surface area contributed by atoms with Crippen LogP contribution in [0.25, 0.3) is 0 Å². The van der Waals surface area contributed by atoms with Crippen LogP contribution in [-0.2, 0) is 17.8 Å². The van der Waals surface area contributed by atoms with Gasteiger partial charge in [0.05, 0.1) is 6.42 Å². The van der Waals surface area contributed by atoms with E-state index in [-0.39, 0.29) is 24.7 Å². The first-order chi connectivity index (χ1) is 9.15. The highest BCUT2D eigenvalue weighted by Crippen LogP contribution is 2.14. The zero-order valence-electron chi connectivity index (χ0n) is 10.2. The third-order valence-electron chi connectivity index (χ3n) is 2.69. The molecule has 98 valence electrons. The molecule has 0 saturated heterocycles. The molecule has 2 rings (SSSR count). The van der Waals surface area contributed by atoms with Crippen LogP contribution in [0.5, 0.6) is 0 Å². The number of hydrogen-bond acceptors (Lipinski definition) is 1. The van der Waals surface area contributed by atoms with Crippen molar-refractivity contribution in [3.63, 3.8) is 0 Å². The molecule has 0 aliphatic heterocycles. The van der Waals surface area contributed by atoms with Gasteiger partial charge < -0.3 is 5.32 Å². The van der Waals surface area contributed by atoms with E-state index >= 15 is 0 Å². The highest BCUT2D eigenvalue weighted by molar-refractivity contribution is 6.30. The molecule has 0 atom stereocenters. The van der Waals surface area contributed by atoms with Crippen LogP contribution in [0.2, 0.25) is 5.02 Å². The second-order valence-electron chi connectivity index (χ2n) is 4.17. The lowest BCUT2D eigenvalue weighted by Gasteiger charge is -2.07. The van der Waals surface area contributed by atoms with E-state index in [1.54, 1.807) is 0 Å². The quantitative estimate of drug-likeness (QED) is 0.912. The van der Waals surface area contributed by atoms with Gasteiger partial charge in [-0.25, -0.2) is 4.39 Å². The van der Waals surface area contributed by atoms with E-state index < -0.39 is 0 Å². The minimum absolute atomic E-state index is 0.137. The summed E-state index contributed by atoms with van der Waals surface area (Å²) in [5, 5.41) is 3.13. The predicted octanol–water partition coefficient (Wildman–Crippen LogP) is 3.34. The molecule has 0 aromatic heterocycles. The number of hydrogen-bond donors (Lipinski definition) is 1. The van der Waals surface area contributed by atoms with Crippen LogP contribution >= 0.6 is 11.6 Å². The number of carbonyl (C=O) groups is 1. The summed E-state index contributed by atoms with van der Waals surface area (Å²) in [6.45, 7) is 0.137. The van der Waals surface area contributed by atoms with Crippen molar-refractivity contribution in [2.75, 3.05) is 0 Å². The Hall–Kier alpha value is -1.87. The van der Waals surface area contributed by atoms with Gasteiger partial charge in [-0.1, -0.05) is 41.9 Å². The number of rotatable bonds is 4. The smallest absolute Gasteiger partial charge is 0.224 e. The lowest BCUT2D eigenvalue weighted by Crippen LogP contribution is -2.25. The zero-order chi connectivity index (χ0) is 13.7. The normalized spacial score (nSPS) is 10.2. The van der Waals surface area contributed by atoms with E-state index in [2.05, 4.69) is 5.32 Å². The summed E-state index contributed by atoms with van der Waals surface area (Å²) >= 11 is 5.78. The lowest BCUT2D eigenvalue weighted by atomic mass is 10.1. The second-order valence-corrected chi connectivity index (χ2v) is 4.61. The van der Waals surface area contributed by atoms with Gasteiger partial charge in [0.15, 0.2) is 0 Å². The largest absolute Gasteiger partial charge is 0.352 e. The molecular weight excluding hydrogens is 265 g/mol. The molecule has 1 amide bonds. The highest BCUT2D eigenvalue weighted by Gasteiger charge is 2.06. The summed E-state index contributed by atoms with van der Waals surface area (Å²) in [4.78, 5) is 11.7. The number of benzene rings is 2. The van der Waals surface area contributed by atoms with E-state index in [9.17, 15) is 9.18 Å². The van der Waals surface area contributed by atoms with E-state index in [0.29, 0.717) is 10.6 Å². The SMILES string of the molecule is O=C(Cc1ccccc1)NCc1cc(Cl)ccc1F. The molecule has 2 nitrogen and oxygen atoms in total. The van der Waals surface area contributed by atoms with Crippen molar-refractivity contribution in [3.8, 4) is 0 Å². The van der Waals surface area contributed by atoms with Crippen molar-refractivity contribution in [1.82, 2.24) is 5.32 Å². The van der Waals surface area contributed by atoms with Gasteiger partial charge >= 0.3 is 0 Å². The Kier molecular flexibility index (Phi) is 4.53. The third-order valence-corrected chi connectivity index (χ3v) is 2.93. The molecule has 0 aliphatic carbocycles. The molecule has 0 bridgehead atoms. The van der Waals surface area contributed by atoms with Crippen molar-refractivity contribution in [2.45, 2.75) is 13.0 Å². The molecule has 0 aliphatic rings. The summed E-state index contributed by atoms with van der Waals surface area (Å²) in [6.07, 6.45) is 0.281. The Bertz CT molecular complexity index is 572. The minimum Gasteiger partial charge on any atom is -0.352 e. The number of nitrogens with one attached hydrogen (secondary N) is 1. The summed E-state index contributed by atoms with van der Waals surface area (Å²) in [5.41, 5.74) is 1.31. The van der Waals surface area contributed by atoms with Crippen molar-refractivity contribution in [3.05, 3.63) is 70.5 Å². The van der Waals surface area contributed by atoms with E-state index in [0.717, 1.165) is 5.56 Å². The molecule has 4 heteroatoms. The zero-order valence-corrected chi connectivity index (χ0v) is 11.0. The van der Waals surface area contributed by atoms with E-state index in [4.69, 9.17) is 11.6 Å². The van der Waals surface area contributed by atoms with E-state index in [1.165, 1.54) is 18.2 Å². The van der Waals surface area contributed by atoms with Gasteiger partial charge in [0, 0.05) is 17.1 Å². The Balaban J connectivity index is 1.92. The van der Waals surface area contributed by atoms with Crippen LogP contribution in [0.4, 0.5) is 4.39 Å². The van der Waals surface area contributed by atoms with E-state index in [1.807, 2.05) is 30.3 Å². The Labute approximate surface area is 116 Å². The maximum absolute atomic E-state index is 13.4. The molecule has 0 radical (unpaired) electrons. The first-order valence-electron chi connectivity index (χ1n) is 5.90. The van der Waals surface area contributed by atoms with Crippen LogP contribution in [0.3, 0.4) is 0 Å². The van der Waals surface area contributed by atoms with Crippen molar-refractivity contribution < 1.29 is 9.18 Å². The van der Waals surface area contributed by atoms with Crippen molar-refractivity contribution >= 4 is 17.5 Å². The Morgan fingerprint density at radius 1 is 1.16 bits per heavy atom. The molecule has 0 spiro atoms. The molecule has 2 aromatic carbocycles. The van der Waals surface area contributed by atoms with Gasteiger partial charge in [0.1, 0.15) is 5.82 Å². The maximum Gasteiger partial charge on any atom is 0.224 e. The van der Waals surface area contributed by atoms with Gasteiger partial charge in [0.25, 0.3) is 0 Å². The predicted molar refractivity (Wildman–Crippen MR) is 73.4 cm³/mol. The van der Waals surface area contributed by atoms with Gasteiger partial charge in [-0.3, -0.25) is 4.79 Å². The second kappa shape index (κ2) is 6.34. The van der Waals surface area contributed by atoms with Crippen LogP contribution < -0.4 is 5.32 Å². The van der Waals surface area contributed by atoms with Crippen molar-refractivity contribution in [1.29, 1.82) is 0 Å². The topological polar surface area (TPSA) is 29.1 Å². The van der Waals surface area contributed by atoms with Crippen LogP contribution in [0, 0.1) is 5.82 Å². The summed E-state index contributed by atoms with van der Waals surface area (Å²) < 4.78 is 13.4. The molecule has 2 aromatic rings. The fourth-order valence-corrected chi connectivity index (χ4v) is 1.91. The standard InChI is InChI=1S/C15H13ClFNO/c16-13-6-7-14(17)12(9-13)10-18-15(19)8-11-4-2-1-3-5-11/h1-7,9H,8,10H2,(H,18,19). The molecule has 0 saturated carbocycles. The number of amides is 1. The average molecular weight is 278 g/mol. The summed E-state index contributed by atoms with van der Waals surface area (Å²) in [5.74, 6) is -0.519. The molecule has 0 heterocycles. The number of halogens is 2. The number of carbonyl (C=O) groups excluding carboxylic acids is 1. The van der Waals surface area contributed by atoms with Crippen LogP contribution in [-0.4, -0.2) is 5.91 Å². The fraction of sp³-hybridized carbons (Fsp3) is 0.133. The molecular formula is C15H13ClFNO. The Morgan fingerprint density at radius 2 is 1.89 bits per heavy atom. The minimum atomic E-state index is -0.371. The first-order valence-corrected chi connectivity index (χ1v) is 6.27. The molecule has 19 heavy (non-hydrogen) atoms. The highest BCUT2D eigenvalue weighted by atomic mass is 35.5. The monoisotopic (exact) mass is 277 g/mol. The Morgan fingerprint density at radius 3 is 2.63 bits per heavy atom. The first kappa shape index (κ1) is 13.6. The van der Waals surface area contributed by atoms with Crippen LogP contribution in [0.1, 0.15) is 11.1 Å². The average Bonchev–Trinajstić information content (AvgIpc) is 2.41. The summed E-state index contributed by atoms with van der Waals surface area (Å²) in [6, 6.07) is 13.7. The molecule has 0 unspecified atom stereocenters. The summed E-state index contributed by atoms with van der Waals surface area (Å²) in [7, 11) is 0. The third kappa shape index (κ3) is 4.07. The molecule has 0 fully saturated rings. The van der Waals surface area contributed by atoms with Crippen LogP contribution in [0.15, 0.2) is 48.5 Å². The molecule has 1 N–H and O–H groups in total. The fourth-order valence-electron chi connectivity index (χ4n) is 1.72. The van der Waals surface area contributed by atoms with Gasteiger partial charge in [0.2, 0.25) is 5.91 Å². The van der Waals surface area contributed by atoms with Gasteiger partial charge in [-0.15, -0.1) is 0 Å².